The number of furan rings is 1. The van der Waals surface area contributed by atoms with Crippen molar-refractivity contribution in [2.45, 2.75) is 43.3 Å². The average Bonchev–Trinajstić information content (AvgIpc) is 3.08. The molecule has 3 aromatic rings. The number of amides is 1. The number of nitrogens with one attached hydrogen (secondary N) is 4. The zero-order chi connectivity index (χ0) is 22.2. The maximum Gasteiger partial charge on any atom is 0.235 e. The molecule has 2 aromatic carbocycles. The van der Waals surface area contributed by atoms with E-state index in [0.717, 1.165) is 59.3 Å². The van der Waals surface area contributed by atoms with Crippen molar-refractivity contribution >= 4 is 28.3 Å². The first-order valence-corrected chi connectivity index (χ1v) is 11.9. The number of hydrogen-bond acceptors (Lipinski definition) is 6. The Morgan fingerprint density at radius 3 is 3.00 bits per heavy atom. The summed E-state index contributed by atoms with van der Waals surface area (Å²) in [6.07, 6.45) is 6.19. The second-order valence-corrected chi connectivity index (χ2v) is 10.0. The highest BCUT2D eigenvalue weighted by atomic mass is 16.5. The van der Waals surface area contributed by atoms with Crippen molar-refractivity contribution in [3.05, 3.63) is 54.3 Å². The van der Waals surface area contributed by atoms with E-state index in [1.165, 1.54) is 0 Å². The van der Waals surface area contributed by atoms with Gasteiger partial charge in [-0.3, -0.25) is 10.2 Å². The summed E-state index contributed by atoms with van der Waals surface area (Å²) in [5.74, 6) is 2.42. The van der Waals surface area contributed by atoms with E-state index in [4.69, 9.17) is 9.15 Å². The number of carbonyl (C=O) groups excluding carboxylic acids is 1. The molecule has 1 spiro atoms. The second kappa shape index (κ2) is 6.98. The third-order valence-electron chi connectivity index (χ3n) is 8.53. The summed E-state index contributed by atoms with van der Waals surface area (Å²) in [4.78, 5) is 13.0. The van der Waals surface area contributed by atoms with E-state index in [-0.39, 0.29) is 17.5 Å². The first-order valence-electron chi connectivity index (χ1n) is 11.9. The highest BCUT2D eigenvalue weighted by Crippen LogP contribution is 2.65. The molecule has 1 amide bonds. The lowest BCUT2D eigenvalue weighted by Gasteiger charge is -2.34. The Bertz CT molecular complexity index is 1260. The maximum absolute atomic E-state index is 13.0. The number of benzene rings is 2. The van der Waals surface area contributed by atoms with Crippen LogP contribution in [0.1, 0.15) is 31.2 Å². The van der Waals surface area contributed by atoms with Gasteiger partial charge in [-0.2, -0.15) is 0 Å². The monoisotopic (exact) mass is 444 g/mol. The summed E-state index contributed by atoms with van der Waals surface area (Å²) in [5.41, 5.74) is 10.7. The Kier molecular flexibility index (Phi) is 4.11. The van der Waals surface area contributed by atoms with Crippen LogP contribution < -0.4 is 26.2 Å². The molecule has 3 heterocycles. The van der Waals surface area contributed by atoms with Crippen LogP contribution in [0.4, 0.5) is 11.4 Å². The molecule has 0 bridgehead atoms. The van der Waals surface area contributed by atoms with Crippen molar-refractivity contribution in [1.29, 1.82) is 0 Å². The van der Waals surface area contributed by atoms with Crippen LogP contribution in [0.5, 0.6) is 5.75 Å². The Hall–Kier alpha value is -3.03. The van der Waals surface area contributed by atoms with Crippen LogP contribution in [0.15, 0.2) is 53.1 Å². The third kappa shape index (κ3) is 2.79. The summed E-state index contributed by atoms with van der Waals surface area (Å²) in [6, 6.07) is 14.5. The van der Waals surface area contributed by atoms with E-state index < -0.39 is 0 Å². The van der Waals surface area contributed by atoms with Crippen LogP contribution >= 0.6 is 0 Å². The van der Waals surface area contributed by atoms with Gasteiger partial charge in [0.1, 0.15) is 5.75 Å². The Morgan fingerprint density at radius 1 is 1.15 bits per heavy atom. The van der Waals surface area contributed by atoms with Crippen molar-refractivity contribution in [3.8, 4) is 5.75 Å². The van der Waals surface area contributed by atoms with Crippen molar-refractivity contribution in [2.75, 3.05) is 17.7 Å². The van der Waals surface area contributed by atoms with Gasteiger partial charge in [0.15, 0.2) is 5.58 Å². The fourth-order valence-electron chi connectivity index (χ4n) is 6.79. The minimum atomic E-state index is -0.361. The molecule has 1 saturated heterocycles. The molecule has 0 radical (unpaired) electrons. The van der Waals surface area contributed by atoms with Gasteiger partial charge >= 0.3 is 0 Å². The third-order valence-corrected chi connectivity index (χ3v) is 8.53. The molecule has 1 aromatic heterocycles. The van der Waals surface area contributed by atoms with Crippen LogP contribution in [0.25, 0.3) is 11.0 Å². The van der Waals surface area contributed by atoms with Gasteiger partial charge in [0.2, 0.25) is 5.91 Å². The molecule has 6 atom stereocenters. The number of hydrazine groups is 1. The first-order chi connectivity index (χ1) is 16.2. The highest BCUT2D eigenvalue weighted by molar-refractivity contribution is 6.09. The van der Waals surface area contributed by atoms with Gasteiger partial charge in [-0.15, -0.1) is 0 Å². The smallest absolute Gasteiger partial charge is 0.235 e. The number of ether oxygens (including phenoxy) is 1. The second-order valence-electron chi connectivity index (χ2n) is 10.0. The van der Waals surface area contributed by atoms with Gasteiger partial charge in [-0.25, -0.2) is 5.43 Å². The summed E-state index contributed by atoms with van der Waals surface area (Å²) < 4.78 is 11.1. The number of carbonyl (C=O) groups is 1. The Labute approximate surface area is 192 Å². The number of methoxy groups -OCH3 is 1. The average molecular weight is 445 g/mol. The van der Waals surface area contributed by atoms with E-state index >= 15 is 0 Å². The molecule has 4 N–H and O–H groups in total. The summed E-state index contributed by atoms with van der Waals surface area (Å²) in [7, 11) is 1.68. The van der Waals surface area contributed by atoms with Crippen LogP contribution in [0, 0.1) is 17.8 Å². The summed E-state index contributed by atoms with van der Waals surface area (Å²) >= 11 is 0. The minimum Gasteiger partial charge on any atom is -0.497 e. The van der Waals surface area contributed by atoms with E-state index in [0.29, 0.717) is 23.8 Å². The molecule has 7 rings (SSSR count). The fourth-order valence-corrected chi connectivity index (χ4v) is 6.79. The minimum absolute atomic E-state index is 0.152. The lowest BCUT2D eigenvalue weighted by atomic mass is 9.74. The summed E-state index contributed by atoms with van der Waals surface area (Å²) in [5, 5.41) is 7.90. The SMILES string of the molecule is COc1ccc2c(c1)[C@]1(C[C@H]1C1CCC3C(C1)NNC3Nc1cccc3ccoc13)C(=O)N2. The number of anilines is 2. The highest BCUT2D eigenvalue weighted by Gasteiger charge is 2.67. The maximum atomic E-state index is 13.0. The number of para-hydroxylation sites is 1. The topological polar surface area (TPSA) is 87.6 Å². The number of rotatable bonds is 4. The lowest BCUT2D eigenvalue weighted by molar-refractivity contribution is -0.118. The van der Waals surface area contributed by atoms with E-state index in [9.17, 15) is 4.79 Å². The van der Waals surface area contributed by atoms with E-state index in [2.05, 4.69) is 45.8 Å². The predicted molar refractivity (Wildman–Crippen MR) is 126 cm³/mol. The van der Waals surface area contributed by atoms with Crippen LogP contribution in [0.2, 0.25) is 0 Å². The summed E-state index contributed by atoms with van der Waals surface area (Å²) in [6.45, 7) is 0. The lowest BCUT2D eigenvalue weighted by Crippen LogP contribution is -2.38. The van der Waals surface area contributed by atoms with Crippen molar-refractivity contribution in [1.82, 2.24) is 10.9 Å². The molecule has 4 aliphatic rings. The molecular weight excluding hydrogens is 416 g/mol. The van der Waals surface area contributed by atoms with E-state index in [1.54, 1.807) is 13.4 Å². The predicted octanol–water partition coefficient (Wildman–Crippen LogP) is 3.98. The van der Waals surface area contributed by atoms with Gasteiger partial charge < -0.3 is 19.8 Å². The molecule has 170 valence electrons. The molecule has 7 nitrogen and oxygen atoms in total. The van der Waals surface area contributed by atoms with E-state index in [1.807, 2.05) is 18.2 Å². The number of fused-ring (bicyclic) bond motifs is 4. The Balaban J connectivity index is 1.07. The molecule has 3 fully saturated rings. The fraction of sp³-hybridized carbons (Fsp3) is 0.423. The van der Waals surface area contributed by atoms with Crippen LogP contribution in [-0.4, -0.2) is 25.2 Å². The standard InChI is InChI=1S/C26H28N4O3/c1-32-16-6-8-20-18(12-16)26(25(31)28-20)13-19(26)15-5-7-17-22(11-15)29-30-24(17)27-21-4-2-3-14-9-10-33-23(14)21/h2-4,6,8-10,12,15,17,19,22,24,27,29-30H,5,7,11,13H2,1H3,(H,28,31)/t15?,17?,19-,22?,24?,26-/m0/s1. The van der Waals surface area contributed by atoms with Gasteiger partial charge in [0, 0.05) is 23.0 Å². The molecule has 7 heteroatoms. The molecule has 4 unspecified atom stereocenters. The van der Waals surface area contributed by atoms with Crippen molar-refractivity contribution in [3.63, 3.8) is 0 Å². The largest absolute Gasteiger partial charge is 0.497 e. The zero-order valence-corrected chi connectivity index (χ0v) is 18.6. The van der Waals surface area contributed by atoms with Gasteiger partial charge in [-0.1, -0.05) is 12.1 Å². The van der Waals surface area contributed by atoms with Crippen LogP contribution in [0.3, 0.4) is 0 Å². The van der Waals surface area contributed by atoms with Gasteiger partial charge in [-0.05, 0) is 73.4 Å². The van der Waals surface area contributed by atoms with Gasteiger partial charge in [0.25, 0.3) is 0 Å². The zero-order valence-electron chi connectivity index (χ0n) is 18.6. The Morgan fingerprint density at radius 2 is 2.09 bits per heavy atom. The van der Waals surface area contributed by atoms with Crippen LogP contribution in [-0.2, 0) is 10.2 Å². The quantitative estimate of drug-likeness (QED) is 0.487. The molecule has 2 aliphatic carbocycles. The normalized spacial score (nSPS) is 34.2. The first kappa shape index (κ1) is 19.4. The molecule has 33 heavy (non-hydrogen) atoms. The molecule has 2 saturated carbocycles. The molecular formula is C26H28N4O3. The van der Waals surface area contributed by atoms with Gasteiger partial charge in [0.05, 0.1) is 30.6 Å². The van der Waals surface area contributed by atoms with Crippen molar-refractivity contribution < 1.29 is 13.9 Å². The number of hydrogen-bond donors (Lipinski definition) is 4. The molecule has 2 aliphatic heterocycles. The van der Waals surface area contributed by atoms with Crippen molar-refractivity contribution in [2.24, 2.45) is 17.8 Å².